The van der Waals surface area contributed by atoms with Crippen LogP contribution in [0.3, 0.4) is 0 Å². The van der Waals surface area contributed by atoms with Gasteiger partial charge in [-0.1, -0.05) is 5.16 Å². The van der Waals surface area contributed by atoms with Gasteiger partial charge in [0.2, 0.25) is 5.91 Å². The monoisotopic (exact) mass is 536 g/mol. The fourth-order valence-electron chi connectivity index (χ4n) is 3.98. The number of aliphatic carboxylic acids is 2. The van der Waals surface area contributed by atoms with Crippen LogP contribution in [0.4, 0.5) is 5.13 Å². The van der Waals surface area contributed by atoms with E-state index in [0.29, 0.717) is 0 Å². The topological polar surface area (TPSA) is 205 Å². The van der Waals surface area contributed by atoms with Crippen molar-refractivity contribution in [3.05, 3.63) is 34.0 Å². The number of carbonyl (C=O) groups excluding carboxylic acids is 3. The Hall–Kier alpha value is -3.92. The molecule has 2 fully saturated rings. The van der Waals surface area contributed by atoms with E-state index < -0.39 is 47.6 Å². The van der Waals surface area contributed by atoms with E-state index in [1.165, 1.54) is 30.3 Å². The van der Waals surface area contributed by atoms with Gasteiger partial charge in [-0.25, -0.2) is 9.78 Å². The highest BCUT2D eigenvalue weighted by Crippen LogP contribution is 2.41. The number of amides is 3. The minimum atomic E-state index is -1.36. The molecule has 4 rings (SSSR count). The number of likely N-dealkylation sites (tertiary alicyclic amines) is 1. The van der Waals surface area contributed by atoms with Crippen LogP contribution in [0.25, 0.3) is 0 Å². The zero-order chi connectivity index (χ0) is 26.1. The lowest BCUT2D eigenvalue weighted by Gasteiger charge is -2.49. The second-order valence-corrected chi connectivity index (χ2v) is 9.77. The first kappa shape index (κ1) is 25.2. The number of anilines is 1. The summed E-state index contributed by atoms with van der Waals surface area (Å²) >= 11 is 2.31. The molecule has 0 bridgehead atoms. The maximum absolute atomic E-state index is 12.9. The van der Waals surface area contributed by atoms with Crippen molar-refractivity contribution in [2.75, 3.05) is 31.7 Å². The number of oxime groups is 1. The third-order valence-electron chi connectivity index (χ3n) is 5.54. The number of aromatic nitrogens is 1. The van der Waals surface area contributed by atoms with Crippen LogP contribution in [0.2, 0.25) is 0 Å². The summed E-state index contributed by atoms with van der Waals surface area (Å²) in [6.45, 7) is -0.249. The first-order chi connectivity index (χ1) is 17.1. The molecule has 3 amide bonds. The highest BCUT2D eigenvalue weighted by molar-refractivity contribution is 8.00. The fraction of sp³-hybridized carbons (Fsp3) is 0.350. The van der Waals surface area contributed by atoms with Crippen LogP contribution < -0.4 is 11.1 Å². The maximum atomic E-state index is 12.9. The molecule has 1 aromatic heterocycles. The smallest absolute Gasteiger partial charge is 0.352 e. The highest BCUT2D eigenvalue weighted by Gasteiger charge is 2.54. The van der Waals surface area contributed by atoms with E-state index in [4.69, 9.17) is 15.7 Å². The number of thioether (sulfide) groups is 1. The molecule has 16 heteroatoms. The Morgan fingerprint density at radius 3 is 2.72 bits per heavy atom. The van der Waals surface area contributed by atoms with Crippen molar-refractivity contribution in [1.82, 2.24) is 20.1 Å². The van der Waals surface area contributed by atoms with Crippen molar-refractivity contribution in [2.45, 2.75) is 17.8 Å². The molecule has 4 heterocycles. The summed E-state index contributed by atoms with van der Waals surface area (Å²) in [5.41, 5.74) is 5.82. The molecule has 14 nitrogen and oxygen atoms in total. The van der Waals surface area contributed by atoms with Gasteiger partial charge in [-0.3, -0.25) is 24.1 Å². The van der Waals surface area contributed by atoms with Gasteiger partial charge in [-0.2, -0.15) is 0 Å². The van der Waals surface area contributed by atoms with Gasteiger partial charge in [0.1, 0.15) is 36.5 Å². The molecule has 0 unspecified atom stereocenters. The molecule has 3 aliphatic heterocycles. The van der Waals surface area contributed by atoms with Crippen LogP contribution in [0, 0.1) is 0 Å². The summed E-state index contributed by atoms with van der Waals surface area (Å²) in [6, 6.07) is -1.02. The number of nitrogens with one attached hydrogen (secondary N) is 1. The Bertz CT molecular complexity index is 1250. The predicted octanol–water partition coefficient (Wildman–Crippen LogP) is -0.942. The van der Waals surface area contributed by atoms with E-state index in [1.807, 2.05) is 0 Å². The molecule has 3 aliphatic rings. The van der Waals surface area contributed by atoms with Gasteiger partial charge in [0.25, 0.3) is 11.8 Å². The van der Waals surface area contributed by atoms with Crippen molar-refractivity contribution in [3.8, 4) is 0 Å². The number of hydrogen-bond acceptors (Lipinski definition) is 11. The largest absolute Gasteiger partial charge is 0.480 e. The number of carboxylic acid groups (broad SMARTS) is 2. The molecule has 0 aromatic carbocycles. The van der Waals surface area contributed by atoms with E-state index in [-0.39, 0.29) is 52.1 Å². The molecule has 0 aliphatic carbocycles. The van der Waals surface area contributed by atoms with Crippen LogP contribution in [0.1, 0.15) is 12.1 Å². The lowest BCUT2D eigenvalue weighted by Crippen LogP contribution is -2.71. The van der Waals surface area contributed by atoms with Crippen LogP contribution >= 0.6 is 23.1 Å². The lowest BCUT2D eigenvalue weighted by atomic mass is 10.0. The number of nitrogen functional groups attached to an aromatic ring is 1. The summed E-state index contributed by atoms with van der Waals surface area (Å²) < 4.78 is 0. The molecular weight excluding hydrogens is 516 g/mol. The molecule has 5 N–H and O–H groups in total. The summed E-state index contributed by atoms with van der Waals surface area (Å²) in [4.78, 5) is 72.1. The Morgan fingerprint density at radius 2 is 2.11 bits per heavy atom. The highest BCUT2D eigenvalue weighted by atomic mass is 32.2. The molecule has 36 heavy (non-hydrogen) atoms. The molecule has 2 atom stereocenters. The molecule has 1 aromatic rings. The standard InChI is InChI=1S/C20H20N6O8S2/c1-34-24-12(10-7-36-20(21)22-10)15(29)23-13-17(31)26-14(19(32)33)9(6-35-18(13)26)4-8-2-3-25(16(8)30)5-11(27)28/h4,7,13,18H,2-3,5-6H2,1H3,(H2,21,22)(H,23,29)(H,27,28)(H,32,33)/b8-4+,24-12-/t13-,18-/m1/s1. The van der Waals surface area contributed by atoms with Crippen LogP contribution in [-0.4, -0.2) is 97.7 Å². The molecule has 0 saturated carbocycles. The van der Waals surface area contributed by atoms with E-state index in [2.05, 4.69) is 15.5 Å². The Morgan fingerprint density at radius 1 is 1.36 bits per heavy atom. The van der Waals surface area contributed by atoms with Crippen molar-refractivity contribution in [3.63, 3.8) is 0 Å². The maximum Gasteiger partial charge on any atom is 0.352 e. The Balaban J connectivity index is 1.53. The number of fused-ring (bicyclic) bond motifs is 1. The van der Waals surface area contributed by atoms with E-state index in [0.717, 1.165) is 21.1 Å². The minimum absolute atomic E-state index is 0.153. The van der Waals surface area contributed by atoms with Crippen molar-refractivity contribution in [2.24, 2.45) is 5.16 Å². The number of nitrogens with zero attached hydrogens (tertiary/aromatic N) is 4. The van der Waals surface area contributed by atoms with Crippen molar-refractivity contribution < 1.29 is 39.0 Å². The van der Waals surface area contributed by atoms with Gasteiger partial charge >= 0.3 is 11.9 Å². The molecular formula is C20H20N6O8S2. The second kappa shape index (κ2) is 9.98. The van der Waals surface area contributed by atoms with Gasteiger partial charge < -0.3 is 31.0 Å². The van der Waals surface area contributed by atoms with Gasteiger partial charge in [0.05, 0.1) is 0 Å². The normalized spacial score (nSPS) is 23.0. The van der Waals surface area contributed by atoms with E-state index in [9.17, 15) is 29.1 Å². The fourth-order valence-corrected chi connectivity index (χ4v) is 5.83. The molecule has 190 valence electrons. The number of thiazole rings is 1. The van der Waals surface area contributed by atoms with Crippen LogP contribution in [0.15, 0.2) is 33.5 Å². The lowest BCUT2D eigenvalue weighted by molar-refractivity contribution is -0.150. The van der Waals surface area contributed by atoms with E-state index in [1.54, 1.807) is 0 Å². The first-order valence-electron chi connectivity index (χ1n) is 10.4. The van der Waals surface area contributed by atoms with E-state index >= 15 is 0 Å². The number of carboxylic acids is 2. The summed E-state index contributed by atoms with van der Waals surface area (Å²) in [5.74, 6) is -4.24. The number of allylic oxidation sites excluding steroid dienone is 1. The number of hydrogen-bond donors (Lipinski definition) is 4. The van der Waals surface area contributed by atoms with Crippen LogP contribution in [-0.2, 0) is 28.8 Å². The Kier molecular flexibility index (Phi) is 6.98. The quantitative estimate of drug-likeness (QED) is 0.138. The van der Waals surface area contributed by atoms with Crippen LogP contribution in [0.5, 0.6) is 0 Å². The van der Waals surface area contributed by atoms with Crippen molar-refractivity contribution >= 4 is 63.6 Å². The van der Waals surface area contributed by atoms with Crippen molar-refractivity contribution in [1.29, 1.82) is 0 Å². The molecule has 2 saturated heterocycles. The average Bonchev–Trinajstić information content (AvgIpc) is 3.40. The molecule has 0 radical (unpaired) electrons. The second-order valence-electron chi connectivity index (χ2n) is 7.77. The summed E-state index contributed by atoms with van der Waals surface area (Å²) in [5, 5.41) is 26.0. The number of β-lactam (4-membered cyclic amide) rings is 1. The number of nitrogens with two attached hydrogens (primary N) is 1. The average molecular weight is 537 g/mol. The minimum Gasteiger partial charge on any atom is -0.480 e. The van der Waals surface area contributed by atoms with Gasteiger partial charge in [0, 0.05) is 23.3 Å². The number of carbonyl (C=O) groups is 5. The van der Waals surface area contributed by atoms with Gasteiger partial charge in [-0.15, -0.1) is 23.1 Å². The first-order valence-corrected chi connectivity index (χ1v) is 12.3. The summed E-state index contributed by atoms with van der Waals surface area (Å²) in [6.07, 6.45) is 1.66. The Labute approximate surface area is 211 Å². The van der Waals surface area contributed by atoms with Gasteiger partial charge in [0.15, 0.2) is 10.8 Å². The summed E-state index contributed by atoms with van der Waals surface area (Å²) in [7, 11) is 1.24. The molecule has 0 spiro atoms. The zero-order valence-corrected chi connectivity index (χ0v) is 20.3. The van der Waals surface area contributed by atoms with Gasteiger partial charge in [-0.05, 0) is 18.1 Å². The zero-order valence-electron chi connectivity index (χ0n) is 18.7. The predicted molar refractivity (Wildman–Crippen MR) is 127 cm³/mol. The SMILES string of the molecule is CO/N=C(\C(=O)N[C@@H]1C(=O)N2C(C(=O)O)=C(/C=C3\CCN(CC(=O)O)C3=O)CS[C@H]12)c1csc(N)n1. The third kappa shape index (κ3) is 4.64. The third-order valence-corrected chi connectivity index (χ3v) is 7.51. The number of rotatable bonds is 8.